The Morgan fingerprint density at radius 3 is 2.87 bits per heavy atom. The zero-order valence-corrected chi connectivity index (χ0v) is 9.05. The van der Waals surface area contributed by atoms with Crippen molar-refractivity contribution in [1.29, 1.82) is 0 Å². The molecule has 0 aliphatic carbocycles. The Bertz CT molecular complexity index is 510. The van der Waals surface area contributed by atoms with E-state index in [0.29, 0.717) is 10.4 Å². The van der Waals surface area contributed by atoms with E-state index < -0.39 is 5.97 Å². The smallest absolute Gasteiger partial charge is 0.335 e. The standard InChI is InChI=1S/C9H6BrN3O2/c10-7-2-4-13(12-7)8-5-6(9(14)15)1-3-11-8/h1-5H,(H,14,15). The van der Waals surface area contributed by atoms with Crippen LogP contribution in [0.2, 0.25) is 0 Å². The van der Waals surface area contributed by atoms with Crippen molar-refractivity contribution < 1.29 is 9.90 Å². The lowest BCUT2D eigenvalue weighted by Gasteiger charge is -2.00. The van der Waals surface area contributed by atoms with Crippen molar-refractivity contribution in [2.24, 2.45) is 0 Å². The molecule has 76 valence electrons. The van der Waals surface area contributed by atoms with Crippen molar-refractivity contribution in [2.45, 2.75) is 0 Å². The minimum absolute atomic E-state index is 0.187. The number of halogens is 1. The monoisotopic (exact) mass is 267 g/mol. The quantitative estimate of drug-likeness (QED) is 0.900. The van der Waals surface area contributed by atoms with E-state index in [9.17, 15) is 4.79 Å². The minimum Gasteiger partial charge on any atom is -0.478 e. The van der Waals surface area contributed by atoms with Crippen LogP contribution in [0, 0.1) is 0 Å². The van der Waals surface area contributed by atoms with E-state index in [1.807, 2.05) is 0 Å². The van der Waals surface area contributed by atoms with Gasteiger partial charge in [-0.1, -0.05) is 0 Å². The third-order valence-electron chi connectivity index (χ3n) is 1.78. The molecule has 0 aliphatic rings. The van der Waals surface area contributed by atoms with Crippen LogP contribution in [0.15, 0.2) is 35.2 Å². The third-order valence-corrected chi connectivity index (χ3v) is 2.21. The van der Waals surface area contributed by atoms with Gasteiger partial charge in [0.25, 0.3) is 0 Å². The fourth-order valence-corrected chi connectivity index (χ4v) is 1.40. The van der Waals surface area contributed by atoms with Gasteiger partial charge in [0.05, 0.1) is 5.56 Å². The molecule has 2 aromatic heterocycles. The summed E-state index contributed by atoms with van der Waals surface area (Å²) < 4.78 is 2.17. The van der Waals surface area contributed by atoms with Crippen molar-refractivity contribution >= 4 is 21.9 Å². The number of nitrogens with zero attached hydrogens (tertiary/aromatic N) is 3. The lowest BCUT2D eigenvalue weighted by atomic mass is 10.3. The summed E-state index contributed by atoms with van der Waals surface area (Å²) >= 11 is 3.20. The number of hydrogen-bond donors (Lipinski definition) is 1. The second kappa shape index (κ2) is 3.82. The summed E-state index contributed by atoms with van der Waals surface area (Å²) in [5, 5.41) is 12.9. The number of rotatable bonds is 2. The second-order valence-corrected chi connectivity index (χ2v) is 3.60. The lowest BCUT2D eigenvalue weighted by Crippen LogP contribution is -2.02. The first-order valence-corrected chi connectivity index (χ1v) is 4.87. The number of pyridine rings is 1. The van der Waals surface area contributed by atoms with E-state index in [2.05, 4.69) is 26.0 Å². The van der Waals surface area contributed by atoms with Gasteiger partial charge >= 0.3 is 5.97 Å². The molecule has 0 aromatic carbocycles. The van der Waals surface area contributed by atoms with Crippen LogP contribution in [0.3, 0.4) is 0 Å². The SMILES string of the molecule is O=C(O)c1ccnc(-n2ccc(Br)n2)c1. The van der Waals surface area contributed by atoms with Gasteiger partial charge in [-0.2, -0.15) is 5.10 Å². The Balaban J connectivity index is 2.45. The third kappa shape index (κ3) is 2.04. The maximum Gasteiger partial charge on any atom is 0.335 e. The average molecular weight is 268 g/mol. The van der Waals surface area contributed by atoms with E-state index in [-0.39, 0.29) is 5.56 Å². The van der Waals surface area contributed by atoms with E-state index in [1.54, 1.807) is 12.3 Å². The Morgan fingerprint density at radius 2 is 2.27 bits per heavy atom. The molecular weight excluding hydrogens is 262 g/mol. The van der Waals surface area contributed by atoms with Crippen LogP contribution in [0.5, 0.6) is 0 Å². The van der Waals surface area contributed by atoms with Crippen LogP contribution < -0.4 is 0 Å². The van der Waals surface area contributed by atoms with Crippen LogP contribution in [-0.4, -0.2) is 25.8 Å². The highest BCUT2D eigenvalue weighted by Gasteiger charge is 2.06. The predicted molar refractivity (Wildman–Crippen MR) is 56.0 cm³/mol. The average Bonchev–Trinajstić information content (AvgIpc) is 2.65. The van der Waals surface area contributed by atoms with Gasteiger partial charge in [-0.15, -0.1) is 0 Å². The Labute approximate surface area is 93.5 Å². The van der Waals surface area contributed by atoms with Crippen molar-refractivity contribution in [3.8, 4) is 5.82 Å². The molecule has 0 amide bonds. The highest BCUT2D eigenvalue weighted by Crippen LogP contribution is 2.10. The highest BCUT2D eigenvalue weighted by atomic mass is 79.9. The zero-order valence-electron chi connectivity index (χ0n) is 7.46. The van der Waals surface area contributed by atoms with Gasteiger partial charge in [0.2, 0.25) is 0 Å². The molecule has 1 N–H and O–H groups in total. The van der Waals surface area contributed by atoms with Crippen LogP contribution >= 0.6 is 15.9 Å². The van der Waals surface area contributed by atoms with Crippen LogP contribution in [0.4, 0.5) is 0 Å². The topological polar surface area (TPSA) is 68.0 Å². The van der Waals surface area contributed by atoms with Crippen molar-refractivity contribution in [2.75, 3.05) is 0 Å². The molecule has 0 radical (unpaired) electrons. The second-order valence-electron chi connectivity index (χ2n) is 2.79. The Morgan fingerprint density at radius 1 is 1.47 bits per heavy atom. The van der Waals surface area contributed by atoms with Gasteiger partial charge in [-0.25, -0.2) is 14.5 Å². The first-order valence-electron chi connectivity index (χ1n) is 4.08. The molecule has 0 unspecified atom stereocenters. The summed E-state index contributed by atoms with van der Waals surface area (Å²) in [5.41, 5.74) is 0.187. The molecule has 0 spiro atoms. The number of carboxylic acid groups (broad SMARTS) is 1. The van der Waals surface area contributed by atoms with Gasteiger partial charge < -0.3 is 5.11 Å². The molecule has 0 fully saturated rings. The van der Waals surface area contributed by atoms with Crippen molar-refractivity contribution in [3.63, 3.8) is 0 Å². The van der Waals surface area contributed by atoms with E-state index in [4.69, 9.17) is 5.11 Å². The predicted octanol–water partition coefficient (Wildman–Crippen LogP) is 1.73. The molecule has 2 rings (SSSR count). The minimum atomic E-state index is -0.982. The first-order chi connectivity index (χ1) is 7.16. The molecule has 0 saturated carbocycles. The van der Waals surface area contributed by atoms with E-state index in [1.165, 1.54) is 23.0 Å². The van der Waals surface area contributed by atoms with Gasteiger partial charge in [0.1, 0.15) is 4.60 Å². The molecule has 2 heterocycles. The van der Waals surface area contributed by atoms with Crippen LogP contribution in [0.1, 0.15) is 10.4 Å². The number of aromatic carboxylic acids is 1. The maximum atomic E-state index is 10.7. The summed E-state index contributed by atoms with van der Waals surface area (Å²) in [6.45, 7) is 0. The molecule has 15 heavy (non-hydrogen) atoms. The van der Waals surface area contributed by atoms with Gasteiger partial charge in [-0.3, -0.25) is 0 Å². The summed E-state index contributed by atoms with van der Waals surface area (Å²) in [6.07, 6.45) is 3.13. The number of aromatic nitrogens is 3. The molecule has 0 bridgehead atoms. The molecule has 2 aromatic rings. The van der Waals surface area contributed by atoms with Crippen molar-refractivity contribution in [1.82, 2.24) is 14.8 Å². The molecule has 0 saturated heterocycles. The normalized spacial score (nSPS) is 10.2. The fraction of sp³-hybridized carbons (Fsp3) is 0. The first kappa shape index (κ1) is 9.85. The molecule has 0 atom stereocenters. The summed E-state index contributed by atoms with van der Waals surface area (Å²) in [6, 6.07) is 4.64. The van der Waals surface area contributed by atoms with Crippen molar-refractivity contribution in [3.05, 3.63) is 40.8 Å². The van der Waals surface area contributed by atoms with Gasteiger partial charge in [-0.05, 0) is 34.1 Å². The molecular formula is C9H6BrN3O2. The summed E-state index contributed by atoms with van der Waals surface area (Å²) in [7, 11) is 0. The van der Waals surface area contributed by atoms with E-state index in [0.717, 1.165) is 0 Å². The Hall–Kier alpha value is -1.69. The van der Waals surface area contributed by atoms with Crippen LogP contribution in [0.25, 0.3) is 5.82 Å². The summed E-state index contributed by atoms with van der Waals surface area (Å²) in [5.74, 6) is -0.509. The maximum absolute atomic E-state index is 10.7. The number of carboxylic acids is 1. The number of hydrogen-bond acceptors (Lipinski definition) is 3. The number of carbonyl (C=O) groups is 1. The highest BCUT2D eigenvalue weighted by molar-refractivity contribution is 9.10. The van der Waals surface area contributed by atoms with E-state index >= 15 is 0 Å². The van der Waals surface area contributed by atoms with Gasteiger partial charge in [0, 0.05) is 12.4 Å². The Kier molecular flexibility index (Phi) is 2.51. The molecule has 5 nitrogen and oxygen atoms in total. The molecule has 6 heteroatoms. The fourth-order valence-electron chi connectivity index (χ4n) is 1.11. The lowest BCUT2D eigenvalue weighted by molar-refractivity contribution is 0.0696. The van der Waals surface area contributed by atoms with Gasteiger partial charge in [0.15, 0.2) is 5.82 Å². The largest absolute Gasteiger partial charge is 0.478 e. The summed E-state index contributed by atoms with van der Waals surface area (Å²) in [4.78, 5) is 14.7. The zero-order chi connectivity index (χ0) is 10.8. The molecule has 0 aliphatic heterocycles. The van der Waals surface area contributed by atoms with Crippen LogP contribution in [-0.2, 0) is 0 Å².